The standard InChI is InChI=1S/C22H22ClN5O5S/c1-28-18(11-24-20(30)13-4-7-15(32-2)8-5-13)26-27-22(28)34-12-19(29)25-17-10-14(21(31)33-3)6-9-16(17)23/h4-10H,11-12H2,1-3H3,(H,24,30)(H,25,29). The van der Waals surface area contributed by atoms with Crippen molar-refractivity contribution < 1.29 is 23.9 Å². The van der Waals surface area contributed by atoms with E-state index in [4.69, 9.17) is 16.3 Å². The number of benzene rings is 2. The predicted octanol–water partition coefficient (Wildman–Crippen LogP) is 2.92. The maximum absolute atomic E-state index is 12.4. The van der Waals surface area contributed by atoms with E-state index in [-0.39, 0.29) is 29.7 Å². The molecule has 178 valence electrons. The Morgan fingerprint density at radius 3 is 2.44 bits per heavy atom. The van der Waals surface area contributed by atoms with Gasteiger partial charge in [0.25, 0.3) is 5.91 Å². The van der Waals surface area contributed by atoms with Crippen LogP contribution in [0.25, 0.3) is 0 Å². The largest absolute Gasteiger partial charge is 0.497 e. The number of methoxy groups -OCH3 is 2. The van der Waals surface area contributed by atoms with E-state index in [1.54, 1.807) is 43.0 Å². The maximum atomic E-state index is 12.4. The van der Waals surface area contributed by atoms with E-state index in [0.29, 0.717) is 33.0 Å². The number of anilines is 1. The van der Waals surface area contributed by atoms with Gasteiger partial charge in [-0.1, -0.05) is 23.4 Å². The van der Waals surface area contributed by atoms with Crippen LogP contribution in [0.15, 0.2) is 47.6 Å². The quantitative estimate of drug-likeness (QED) is 0.337. The van der Waals surface area contributed by atoms with Crippen LogP contribution in [0.4, 0.5) is 5.69 Å². The van der Waals surface area contributed by atoms with Crippen molar-refractivity contribution in [2.45, 2.75) is 11.7 Å². The van der Waals surface area contributed by atoms with Crippen LogP contribution in [0.2, 0.25) is 5.02 Å². The SMILES string of the molecule is COC(=O)c1ccc(Cl)c(NC(=O)CSc2nnc(CNC(=O)c3ccc(OC)cc3)n2C)c1. The molecule has 2 amide bonds. The normalized spacial score (nSPS) is 10.5. The van der Waals surface area contributed by atoms with Gasteiger partial charge in [0.1, 0.15) is 5.75 Å². The fourth-order valence-corrected chi connectivity index (χ4v) is 3.71. The molecule has 34 heavy (non-hydrogen) atoms. The lowest BCUT2D eigenvalue weighted by Crippen LogP contribution is -2.24. The highest BCUT2D eigenvalue weighted by Gasteiger charge is 2.15. The van der Waals surface area contributed by atoms with Crippen LogP contribution in [-0.4, -0.2) is 52.5 Å². The third-order valence-electron chi connectivity index (χ3n) is 4.68. The van der Waals surface area contributed by atoms with Crippen molar-refractivity contribution in [3.05, 3.63) is 64.4 Å². The van der Waals surface area contributed by atoms with Crippen molar-refractivity contribution in [2.24, 2.45) is 7.05 Å². The molecule has 0 unspecified atom stereocenters. The smallest absolute Gasteiger partial charge is 0.337 e. The van der Waals surface area contributed by atoms with E-state index < -0.39 is 5.97 Å². The monoisotopic (exact) mass is 503 g/mol. The minimum atomic E-state index is -0.535. The number of carbonyl (C=O) groups excluding carboxylic acids is 3. The number of thioether (sulfide) groups is 1. The van der Waals surface area contributed by atoms with Crippen LogP contribution in [0.1, 0.15) is 26.5 Å². The molecular weight excluding hydrogens is 482 g/mol. The molecule has 0 saturated carbocycles. The molecule has 12 heteroatoms. The maximum Gasteiger partial charge on any atom is 0.337 e. The Morgan fingerprint density at radius 2 is 1.76 bits per heavy atom. The summed E-state index contributed by atoms with van der Waals surface area (Å²) in [6.07, 6.45) is 0. The van der Waals surface area contributed by atoms with E-state index in [1.165, 1.54) is 37.1 Å². The topological polar surface area (TPSA) is 124 Å². The first kappa shape index (κ1) is 25.1. The van der Waals surface area contributed by atoms with Crippen molar-refractivity contribution >= 4 is 46.8 Å². The number of carbonyl (C=O) groups is 3. The fourth-order valence-electron chi connectivity index (χ4n) is 2.81. The fraction of sp³-hybridized carbons (Fsp3) is 0.227. The van der Waals surface area contributed by atoms with Crippen molar-refractivity contribution in [3.8, 4) is 5.75 Å². The van der Waals surface area contributed by atoms with Crippen LogP contribution in [-0.2, 0) is 23.1 Å². The summed E-state index contributed by atoms with van der Waals surface area (Å²) in [6, 6.07) is 11.2. The molecule has 10 nitrogen and oxygen atoms in total. The highest BCUT2D eigenvalue weighted by molar-refractivity contribution is 7.99. The number of hydrogen-bond acceptors (Lipinski definition) is 8. The molecule has 3 rings (SSSR count). The van der Waals surface area contributed by atoms with Crippen LogP contribution in [0.3, 0.4) is 0 Å². The van der Waals surface area contributed by atoms with Crippen LogP contribution >= 0.6 is 23.4 Å². The van der Waals surface area contributed by atoms with Crippen molar-refractivity contribution in [1.29, 1.82) is 0 Å². The zero-order chi connectivity index (χ0) is 24.7. The molecule has 0 saturated heterocycles. The van der Waals surface area contributed by atoms with Gasteiger partial charge in [0, 0.05) is 12.6 Å². The number of esters is 1. The summed E-state index contributed by atoms with van der Waals surface area (Å²) in [5, 5.41) is 14.4. The zero-order valence-electron chi connectivity index (χ0n) is 18.6. The molecule has 0 aliphatic heterocycles. The minimum absolute atomic E-state index is 0.0307. The first-order valence-electron chi connectivity index (χ1n) is 9.93. The molecule has 0 fully saturated rings. The Labute approximate surface area is 205 Å². The Kier molecular flexibility index (Phi) is 8.50. The predicted molar refractivity (Wildman–Crippen MR) is 127 cm³/mol. The third-order valence-corrected chi connectivity index (χ3v) is 6.03. The summed E-state index contributed by atoms with van der Waals surface area (Å²) in [6.45, 7) is 0.164. The van der Waals surface area contributed by atoms with Gasteiger partial charge in [-0.15, -0.1) is 10.2 Å². The lowest BCUT2D eigenvalue weighted by Gasteiger charge is -2.09. The Hall–Kier alpha value is -3.57. The molecule has 2 aromatic carbocycles. The second-order valence-corrected chi connectivity index (χ2v) is 8.24. The van der Waals surface area contributed by atoms with Gasteiger partial charge in [0.15, 0.2) is 11.0 Å². The molecular formula is C22H22ClN5O5S. The number of nitrogens with one attached hydrogen (secondary N) is 2. The average Bonchev–Trinajstić information content (AvgIpc) is 3.21. The number of rotatable bonds is 9. The molecule has 0 radical (unpaired) electrons. The van der Waals surface area contributed by atoms with Gasteiger partial charge in [-0.3, -0.25) is 9.59 Å². The molecule has 0 aliphatic carbocycles. The van der Waals surface area contributed by atoms with Crippen LogP contribution in [0.5, 0.6) is 5.75 Å². The third kappa shape index (κ3) is 6.27. The van der Waals surface area contributed by atoms with Gasteiger partial charge >= 0.3 is 5.97 Å². The first-order valence-corrected chi connectivity index (χ1v) is 11.3. The molecule has 0 spiro atoms. The summed E-state index contributed by atoms with van der Waals surface area (Å²) in [5.41, 5.74) is 1.06. The number of halogens is 1. The Morgan fingerprint density at radius 1 is 1.06 bits per heavy atom. The summed E-state index contributed by atoms with van der Waals surface area (Å²) in [5.74, 6) is 0.0829. The summed E-state index contributed by atoms with van der Waals surface area (Å²) in [7, 11) is 4.57. The number of nitrogens with zero attached hydrogens (tertiary/aromatic N) is 3. The molecule has 1 heterocycles. The van der Waals surface area contributed by atoms with E-state index in [0.717, 1.165) is 0 Å². The molecule has 1 aromatic heterocycles. The van der Waals surface area contributed by atoms with Gasteiger partial charge in [-0.25, -0.2) is 4.79 Å². The van der Waals surface area contributed by atoms with Crippen molar-refractivity contribution in [2.75, 3.05) is 25.3 Å². The van der Waals surface area contributed by atoms with Gasteiger partial charge in [0.2, 0.25) is 5.91 Å². The zero-order valence-corrected chi connectivity index (χ0v) is 20.2. The van der Waals surface area contributed by atoms with E-state index in [9.17, 15) is 14.4 Å². The van der Waals surface area contributed by atoms with E-state index >= 15 is 0 Å². The van der Waals surface area contributed by atoms with Crippen LogP contribution < -0.4 is 15.4 Å². The van der Waals surface area contributed by atoms with Gasteiger partial charge in [-0.2, -0.15) is 0 Å². The Bertz CT molecular complexity index is 1200. The summed E-state index contributed by atoms with van der Waals surface area (Å²) < 4.78 is 11.5. The molecule has 2 N–H and O–H groups in total. The van der Waals surface area contributed by atoms with Gasteiger partial charge in [-0.05, 0) is 42.5 Å². The highest BCUT2D eigenvalue weighted by Crippen LogP contribution is 2.24. The molecule has 0 atom stereocenters. The number of hydrogen-bond donors (Lipinski definition) is 2. The summed E-state index contributed by atoms with van der Waals surface area (Å²) in [4.78, 5) is 36.4. The number of ether oxygens (including phenoxy) is 2. The average molecular weight is 504 g/mol. The van der Waals surface area contributed by atoms with Crippen molar-refractivity contribution in [1.82, 2.24) is 20.1 Å². The van der Waals surface area contributed by atoms with Gasteiger partial charge in [0.05, 0.1) is 42.8 Å². The number of amides is 2. The molecule has 3 aromatic rings. The second kappa shape index (κ2) is 11.5. The van der Waals surface area contributed by atoms with Gasteiger partial charge < -0.3 is 24.7 Å². The lowest BCUT2D eigenvalue weighted by atomic mass is 10.2. The Balaban J connectivity index is 1.54. The second-order valence-electron chi connectivity index (χ2n) is 6.89. The first-order chi connectivity index (χ1) is 16.3. The van der Waals surface area contributed by atoms with E-state index in [1.807, 2.05) is 0 Å². The minimum Gasteiger partial charge on any atom is -0.497 e. The molecule has 0 bridgehead atoms. The van der Waals surface area contributed by atoms with Crippen molar-refractivity contribution in [3.63, 3.8) is 0 Å². The van der Waals surface area contributed by atoms with Crippen LogP contribution in [0, 0.1) is 0 Å². The van der Waals surface area contributed by atoms with E-state index in [2.05, 4.69) is 25.6 Å². The number of aromatic nitrogens is 3. The molecule has 0 aliphatic rings. The highest BCUT2D eigenvalue weighted by atomic mass is 35.5. The lowest BCUT2D eigenvalue weighted by molar-refractivity contribution is -0.113. The summed E-state index contributed by atoms with van der Waals surface area (Å²) >= 11 is 7.28.